The van der Waals surface area contributed by atoms with Gasteiger partial charge < -0.3 is 19.5 Å². The van der Waals surface area contributed by atoms with Crippen molar-refractivity contribution < 1.29 is 19.4 Å². The molecule has 0 radical (unpaired) electrons. The van der Waals surface area contributed by atoms with Crippen LogP contribution in [0.4, 0.5) is 5.69 Å². The molecule has 1 saturated heterocycles. The summed E-state index contributed by atoms with van der Waals surface area (Å²) in [6, 6.07) is 12.2. The molecule has 0 bridgehead atoms. The fourth-order valence-corrected chi connectivity index (χ4v) is 6.88. The molecule has 2 aromatic carbocycles. The van der Waals surface area contributed by atoms with Crippen molar-refractivity contribution in [1.29, 1.82) is 0 Å². The Labute approximate surface area is 198 Å². The van der Waals surface area contributed by atoms with Crippen LogP contribution in [0.15, 0.2) is 40.9 Å². The van der Waals surface area contributed by atoms with E-state index in [4.69, 9.17) is 9.47 Å². The molecular weight excluding hydrogens is 470 g/mol. The second-order valence-corrected chi connectivity index (χ2v) is 10.5. The summed E-state index contributed by atoms with van der Waals surface area (Å²) < 4.78 is 13.0. The summed E-state index contributed by atoms with van der Waals surface area (Å²) in [4.78, 5) is 15.5. The second-order valence-electron chi connectivity index (χ2n) is 9.68. The molecule has 6 heteroatoms. The summed E-state index contributed by atoms with van der Waals surface area (Å²) >= 11 is 3.67. The molecule has 2 aromatic rings. The third kappa shape index (κ3) is 3.22. The van der Waals surface area contributed by atoms with Gasteiger partial charge in [0.25, 0.3) is 5.91 Å². The highest BCUT2D eigenvalue weighted by Crippen LogP contribution is 2.60. The molecule has 4 atom stereocenters. The molecule has 0 aromatic heterocycles. The summed E-state index contributed by atoms with van der Waals surface area (Å²) in [7, 11) is 3.48. The maximum Gasteiger partial charge on any atom is 0.264 e. The van der Waals surface area contributed by atoms with Crippen molar-refractivity contribution in [2.24, 2.45) is 11.8 Å². The number of amides is 1. The first-order valence-electron chi connectivity index (χ1n) is 11.1. The van der Waals surface area contributed by atoms with Crippen molar-refractivity contribution in [3.63, 3.8) is 0 Å². The lowest BCUT2D eigenvalue weighted by Gasteiger charge is -2.38. The Morgan fingerprint density at radius 3 is 2.50 bits per heavy atom. The first-order valence-corrected chi connectivity index (χ1v) is 11.9. The molecule has 2 aliphatic heterocycles. The quantitative estimate of drug-likeness (QED) is 0.629. The number of nitrogens with zero attached hydrogens (tertiary/aromatic N) is 1. The first-order chi connectivity index (χ1) is 15.1. The van der Waals surface area contributed by atoms with E-state index < -0.39 is 5.60 Å². The lowest BCUT2D eigenvalue weighted by Crippen LogP contribution is -2.45. The highest BCUT2D eigenvalue weighted by molar-refractivity contribution is 9.10. The lowest BCUT2D eigenvalue weighted by molar-refractivity contribution is -0.146. The average molecular weight is 502 g/mol. The van der Waals surface area contributed by atoms with Crippen molar-refractivity contribution in [1.82, 2.24) is 0 Å². The van der Waals surface area contributed by atoms with E-state index >= 15 is 0 Å². The zero-order valence-corrected chi connectivity index (χ0v) is 21.2. The van der Waals surface area contributed by atoms with E-state index in [-0.39, 0.29) is 35.9 Å². The van der Waals surface area contributed by atoms with E-state index in [0.717, 1.165) is 32.6 Å². The molecule has 0 unspecified atom stereocenters. The van der Waals surface area contributed by atoms with E-state index in [1.807, 2.05) is 32.2 Å². The monoisotopic (exact) mass is 501 g/mol. The van der Waals surface area contributed by atoms with Crippen molar-refractivity contribution in [2.75, 3.05) is 25.7 Å². The highest BCUT2D eigenvalue weighted by Gasteiger charge is 2.65. The number of aliphatic hydroxyl groups is 1. The van der Waals surface area contributed by atoms with Crippen molar-refractivity contribution in [3.8, 4) is 5.75 Å². The number of hydrogen-bond acceptors (Lipinski definition) is 4. The van der Waals surface area contributed by atoms with Gasteiger partial charge in [0.1, 0.15) is 5.75 Å². The summed E-state index contributed by atoms with van der Waals surface area (Å²) in [5.41, 5.74) is 2.66. The SMILES string of the molecule is COc1ccc(C(C)(C)[C@@H]2[C@@H](CCO)O[C@]3(C(=O)N(C)c4c(Br)cc(C)cc43)[C@H]2C)cc1. The summed E-state index contributed by atoms with van der Waals surface area (Å²) in [6.07, 6.45) is 0.227. The number of hydrogen-bond donors (Lipinski definition) is 1. The second kappa shape index (κ2) is 8.15. The van der Waals surface area contributed by atoms with Crippen LogP contribution >= 0.6 is 15.9 Å². The molecule has 1 N–H and O–H groups in total. The van der Waals surface area contributed by atoms with Gasteiger partial charge in [0, 0.05) is 35.5 Å². The summed E-state index contributed by atoms with van der Waals surface area (Å²) in [6.45, 7) is 8.59. The van der Waals surface area contributed by atoms with Crippen molar-refractivity contribution in [3.05, 3.63) is 57.6 Å². The van der Waals surface area contributed by atoms with Gasteiger partial charge in [-0.15, -0.1) is 0 Å². The summed E-state index contributed by atoms with van der Waals surface area (Å²) in [5, 5.41) is 9.87. The third-order valence-corrected chi connectivity index (χ3v) is 8.17. The Morgan fingerprint density at radius 1 is 1.25 bits per heavy atom. The van der Waals surface area contributed by atoms with Gasteiger partial charge >= 0.3 is 0 Å². The number of anilines is 1. The number of aliphatic hydroxyl groups excluding tert-OH is 1. The Morgan fingerprint density at radius 2 is 1.91 bits per heavy atom. The predicted octanol–water partition coefficient (Wildman–Crippen LogP) is 4.95. The van der Waals surface area contributed by atoms with Crippen molar-refractivity contribution >= 4 is 27.5 Å². The number of ether oxygens (including phenoxy) is 2. The number of methoxy groups -OCH3 is 1. The zero-order chi connectivity index (χ0) is 23.4. The van der Waals surface area contributed by atoms with Gasteiger partial charge in [-0.25, -0.2) is 0 Å². The van der Waals surface area contributed by atoms with Crippen LogP contribution in [0.5, 0.6) is 5.75 Å². The Hall–Kier alpha value is -1.89. The van der Waals surface area contributed by atoms with Crippen LogP contribution in [-0.4, -0.2) is 37.9 Å². The Balaban J connectivity index is 1.86. The van der Waals surface area contributed by atoms with Crippen LogP contribution in [0, 0.1) is 18.8 Å². The van der Waals surface area contributed by atoms with Crippen LogP contribution in [0.3, 0.4) is 0 Å². The molecule has 5 nitrogen and oxygen atoms in total. The normalized spacial score (nSPS) is 27.3. The predicted molar refractivity (Wildman–Crippen MR) is 129 cm³/mol. The third-order valence-electron chi connectivity index (χ3n) is 7.56. The van der Waals surface area contributed by atoms with Gasteiger partial charge in [-0.3, -0.25) is 4.79 Å². The van der Waals surface area contributed by atoms with Crippen LogP contribution < -0.4 is 9.64 Å². The van der Waals surface area contributed by atoms with Gasteiger partial charge in [-0.1, -0.05) is 39.0 Å². The number of benzene rings is 2. The van der Waals surface area contributed by atoms with E-state index in [9.17, 15) is 9.90 Å². The molecule has 1 fully saturated rings. The van der Waals surface area contributed by atoms with Gasteiger partial charge in [0.15, 0.2) is 5.60 Å². The minimum absolute atomic E-state index is 0.0110. The standard InChI is InChI=1S/C26H32BrNO4/c1-15-13-19-23(20(27)14-15)28(5)24(30)26(19)16(2)22(21(32-26)11-12-29)25(3,4)17-7-9-18(31-6)10-8-17/h7-10,13-14,16,21-22,29H,11-12H2,1-6H3/t16-,21+,22-,26+/m0/s1. The van der Waals surface area contributed by atoms with Crippen LogP contribution in [-0.2, 0) is 20.5 Å². The number of carbonyl (C=O) groups is 1. The molecule has 2 aliphatic rings. The molecule has 0 aliphatic carbocycles. The van der Waals surface area contributed by atoms with E-state index in [1.165, 1.54) is 0 Å². The van der Waals surface area contributed by atoms with Crippen LogP contribution in [0.25, 0.3) is 0 Å². The maximum absolute atomic E-state index is 13.8. The molecule has 32 heavy (non-hydrogen) atoms. The minimum atomic E-state index is -1.06. The molecule has 0 saturated carbocycles. The molecule has 2 heterocycles. The average Bonchev–Trinajstić information content (AvgIpc) is 3.16. The smallest absolute Gasteiger partial charge is 0.264 e. The maximum atomic E-state index is 13.8. The van der Waals surface area contributed by atoms with E-state index in [0.29, 0.717) is 6.42 Å². The number of fused-ring (bicyclic) bond motifs is 2. The number of likely N-dealkylation sites (N-methyl/N-ethyl adjacent to an activating group) is 1. The number of halogens is 1. The fourth-order valence-electron chi connectivity index (χ4n) is 6.04. The largest absolute Gasteiger partial charge is 0.497 e. The lowest BCUT2D eigenvalue weighted by atomic mass is 9.63. The Bertz CT molecular complexity index is 1030. The number of carbonyl (C=O) groups excluding carboxylic acids is 1. The van der Waals surface area contributed by atoms with Crippen LogP contribution in [0.2, 0.25) is 0 Å². The molecule has 1 spiro atoms. The Kier molecular flexibility index (Phi) is 5.93. The first kappa shape index (κ1) is 23.3. The van der Waals surface area contributed by atoms with Gasteiger partial charge in [0.05, 0.1) is 18.9 Å². The molecule has 172 valence electrons. The van der Waals surface area contributed by atoms with Gasteiger partial charge in [-0.2, -0.15) is 0 Å². The minimum Gasteiger partial charge on any atom is -0.497 e. The van der Waals surface area contributed by atoms with E-state index in [2.05, 4.69) is 54.9 Å². The number of rotatable bonds is 5. The fraction of sp³-hybridized carbons (Fsp3) is 0.500. The zero-order valence-electron chi connectivity index (χ0n) is 19.6. The molecule has 4 rings (SSSR count). The highest BCUT2D eigenvalue weighted by atomic mass is 79.9. The topological polar surface area (TPSA) is 59.0 Å². The summed E-state index contributed by atoms with van der Waals surface area (Å²) in [5.74, 6) is 0.694. The van der Waals surface area contributed by atoms with Gasteiger partial charge in [0.2, 0.25) is 0 Å². The van der Waals surface area contributed by atoms with Crippen LogP contribution in [0.1, 0.15) is 43.9 Å². The van der Waals surface area contributed by atoms with E-state index in [1.54, 1.807) is 12.0 Å². The molecular formula is C26H32BrNO4. The molecule has 1 amide bonds. The number of aryl methyl sites for hydroxylation is 1. The van der Waals surface area contributed by atoms with Crippen molar-refractivity contribution in [2.45, 2.75) is 51.2 Å². The van der Waals surface area contributed by atoms with Gasteiger partial charge in [-0.05, 0) is 64.0 Å².